The molecule has 0 heteroatoms. The van der Waals surface area contributed by atoms with Crippen molar-refractivity contribution in [1.29, 1.82) is 0 Å². The molecule has 0 saturated heterocycles. The summed E-state index contributed by atoms with van der Waals surface area (Å²) in [4.78, 5) is 0. The fourth-order valence-corrected chi connectivity index (χ4v) is 8.57. The maximum Gasteiger partial charge on any atom is 0.00990 e. The summed E-state index contributed by atoms with van der Waals surface area (Å²) in [6.45, 7) is 7.04. The molecule has 1 aromatic rings. The van der Waals surface area contributed by atoms with Crippen LogP contribution in [0.2, 0.25) is 0 Å². The molecule has 0 radical (unpaired) electrons. The molecule has 0 amide bonds. The number of rotatable bonds is 2. The van der Waals surface area contributed by atoms with Crippen LogP contribution in [0.3, 0.4) is 0 Å². The Balaban J connectivity index is 1.25. The van der Waals surface area contributed by atoms with Crippen LogP contribution in [-0.2, 0) is 0 Å². The lowest BCUT2D eigenvalue weighted by molar-refractivity contribution is 0.312. The smallest absolute Gasteiger partial charge is 0.00990 e. The molecule has 0 aromatic heterocycles. The summed E-state index contributed by atoms with van der Waals surface area (Å²) in [5.74, 6) is 2.06. The molecule has 0 saturated carbocycles. The highest BCUT2D eigenvalue weighted by Crippen LogP contribution is 2.54. The fraction of sp³-hybridized carbons (Fsp3) is 0.350. The van der Waals surface area contributed by atoms with Crippen molar-refractivity contribution < 1.29 is 0 Å². The molecule has 7 aliphatic rings. The van der Waals surface area contributed by atoms with Gasteiger partial charge >= 0.3 is 0 Å². The van der Waals surface area contributed by atoms with Crippen molar-refractivity contribution in [3.63, 3.8) is 0 Å². The summed E-state index contributed by atoms with van der Waals surface area (Å²) in [6.07, 6.45) is 34.3. The summed E-state index contributed by atoms with van der Waals surface area (Å²) in [7, 11) is 0. The summed E-state index contributed by atoms with van der Waals surface area (Å²) in [6, 6.07) is 9.31. The first-order valence-electron chi connectivity index (χ1n) is 15.6. The third-order valence-corrected chi connectivity index (χ3v) is 10.6. The predicted molar refractivity (Wildman–Crippen MR) is 168 cm³/mol. The molecule has 4 atom stereocenters. The second-order valence-corrected chi connectivity index (χ2v) is 13.8. The molecule has 0 aliphatic heterocycles. The maximum atomic E-state index is 2.57. The molecule has 0 fully saturated rings. The van der Waals surface area contributed by atoms with Crippen LogP contribution in [0, 0.1) is 29.1 Å². The second kappa shape index (κ2) is 9.07. The van der Waals surface area contributed by atoms with E-state index in [1.165, 1.54) is 52.8 Å². The zero-order chi connectivity index (χ0) is 27.0. The Labute approximate surface area is 239 Å². The van der Waals surface area contributed by atoms with Crippen molar-refractivity contribution in [1.82, 2.24) is 0 Å². The van der Waals surface area contributed by atoms with Crippen LogP contribution in [0.4, 0.5) is 0 Å². The lowest BCUT2D eigenvalue weighted by atomic mass is 9.56. The number of benzene rings is 1. The maximum absolute atomic E-state index is 2.57. The standard InChI is InChI=1S/C40H40/c1-40(2,3)31-23-29-15-13-26-16-18-36(37-19-17-30(24-31)38(29)39(26)37)35-21-20-32(33-10-6-7-11-34(33)35)28-14-12-25-8-4-5-9-27(25)22-28/h4,6-8,10-11,13,15-19,22-24,29,37-39H,5,9,12,14,20-21H2,1-3H3. The lowest BCUT2D eigenvalue weighted by Gasteiger charge is -2.47. The molecular weight excluding hydrogens is 480 g/mol. The summed E-state index contributed by atoms with van der Waals surface area (Å²) >= 11 is 0. The quantitative estimate of drug-likeness (QED) is 0.367. The Morgan fingerprint density at radius 2 is 1.50 bits per heavy atom. The zero-order valence-electron chi connectivity index (χ0n) is 24.2. The Hall–Kier alpha value is -3.38. The number of hydrogen-bond donors (Lipinski definition) is 0. The lowest BCUT2D eigenvalue weighted by Crippen LogP contribution is -2.40. The first kappa shape index (κ1) is 24.4. The average Bonchev–Trinajstić information content (AvgIpc) is 2.98. The Bertz CT molecular complexity index is 1720. The van der Waals surface area contributed by atoms with Crippen LogP contribution in [-0.4, -0.2) is 0 Å². The van der Waals surface area contributed by atoms with E-state index < -0.39 is 0 Å². The molecule has 200 valence electrons. The van der Waals surface area contributed by atoms with E-state index in [0.717, 1.165) is 12.8 Å². The molecule has 8 rings (SSSR count). The van der Waals surface area contributed by atoms with Gasteiger partial charge in [0.15, 0.2) is 0 Å². The molecule has 4 unspecified atom stereocenters. The van der Waals surface area contributed by atoms with Crippen molar-refractivity contribution in [2.24, 2.45) is 29.1 Å². The normalized spacial score (nSPS) is 30.0. The molecule has 0 bridgehead atoms. The SMILES string of the molecule is CC(C)(C)C1=CC2C=CC3=CC=C(C4=c5ccccc5=C(C5=CC6=C(C=CCC6)CC5)CC4)C4C=CC(=C1)C2C34. The van der Waals surface area contributed by atoms with E-state index in [1.807, 2.05) is 0 Å². The van der Waals surface area contributed by atoms with Gasteiger partial charge in [0.25, 0.3) is 0 Å². The molecule has 40 heavy (non-hydrogen) atoms. The van der Waals surface area contributed by atoms with E-state index in [9.17, 15) is 0 Å². The Morgan fingerprint density at radius 3 is 2.35 bits per heavy atom. The zero-order valence-corrected chi connectivity index (χ0v) is 24.2. The van der Waals surface area contributed by atoms with Crippen molar-refractivity contribution in [2.75, 3.05) is 0 Å². The molecule has 7 aliphatic carbocycles. The van der Waals surface area contributed by atoms with E-state index in [-0.39, 0.29) is 5.41 Å². The molecule has 0 spiro atoms. The Kier molecular flexibility index (Phi) is 5.54. The molecular formula is C40H40. The van der Waals surface area contributed by atoms with Crippen LogP contribution in [0.1, 0.15) is 59.3 Å². The minimum Gasteiger partial charge on any atom is -0.0839 e. The van der Waals surface area contributed by atoms with E-state index in [0.29, 0.717) is 23.7 Å². The molecule has 0 N–H and O–H groups in total. The molecule has 0 nitrogen and oxygen atoms in total. The number of fused-ring (bicyclic) bond motifs is 1. The van der Waals surface area contributed by atoms with Gasteiger partial charge in [-0.1, -0.05) is 112 Å². The van der Waals surface area contributed by atoms with Gasteiger partial charge in [-0.15, -0.1) is 0 Å². The van der Waals surface area contributed by atoms with Gasteiger partial charge < -0.3 is 0 Å². The van der Waals surface area contributed by atoms with Gasteiger partial charge in [-0.3, -0.25) is 0 Å². The van der Waals surface area contributed by atoms with Crippen molar-refractivity contribution in [3.05, 3.63) is 141 Å². The monoisotopic (exact) mass is 520 g/mol. The van der Waals surface area contributed by atoms with E-state index in [1.54, 1.807) is 33.4 Å². The van der Waals surface area contributed by atoms with Crippen LogP contribution in [0.15, 0.2) is 130 Å². The molecule has 1 aromatic carbocycles. The summed E-state index contributed by atoms with van der Waals surface area (Å²) < 4.78 is 0. The van der Waals surface area contributed by atoms with Crippen LogP contribution in [0.25, 0.3) is 11.1 Å². The average molecular weight is 521 g/mol. The third kappa shape index (κ3) is 3.79. The van der Waals surface area contributed by atoms with Gasteiger partial charge in [-0.2, -0.15) is 0 Å². The van der Waals surface area contributed by atoms with E-state index in [2.05, 4.69) is 112 Å². The van der Waals surface area contributed by atoms with Crippen LogP contribution in [0.5, 0.6) is 0 Å². The van der Waals surface area contributed by atoms with Gasteiger partial charge in [-0.05, 0) is 105 Å². The van der Waals surface area contributed by atoms with Crippen LogP contribution >= 0.6 is 0 Å². The number of hydrogen-bond acceptors (Lipinski definition) is 0. The second-order valence-electron chi connectivity index (χ2n) is 13.8. The van der Waals surface area contributed by atoms with Gasteiger partial charge in [0.05, 0.1) is 0 Å². The fourth-order valence-electron chi connectivity index (χ4n) is 8.57. The van der Waals surface area contributed by atoms with Gasteiger partial charge in [0.1, 0.15) is 0 Å². The number of allylic oxidation sites excluding steroid dienone is 18. The molecule has 0 heterocycles. The Morgan fingerprint density at radius 1 is 0.700 bits per heavy atom. The van der Waals surface area contributed by atoms with Crippen molar-refractivity contribution in [3.8, 4) is 0 Å². The minimum absolute atomic E-state index is 0.180. The van der Waals surface area contributed by atoms with Gasteiger partial charge in [0, 0.05) is 23.7 Å². The first-order chi connectivity index (χ1) is 19.5. The topological polar surface area (TPSA) is 0 Å². The third-order valence-electron chi connectivity index (χ3n) is 10.6. The van der Waals surface area contributed by atoms with E-state index >= 15 is 0 Å². The minimum atomic E-state index is 0.180. The predicted octanol–water partition coefficient (Wildman–Crippen LogP) is 8.53. The highest BCUT2D eigenvalue weighted by Gasteiger charge is 2.45. The van der Waals surface area contributed by atoms with Gasteiger partial charge in [0.2, 0.25) is 0 Å². The van der Waals surface area contributed by atoms with Crippen LogP contribution < -0.4 is 10.4 Å². The summed E-state index contributed by atoms with van der Waals surface area (Å²) in [5.41, 5.74) is 14.2. The summed E-state index contributed by atoms with van der Waals surface area (Å²) in [5, 5.41) is 2.96. The van der Waals surface area contributed by atoms with E-state index in [4.69, 9.17) is 0 Å². The highest BCUT2D eigenvalue weighted by molar-refractivity contribution is 5.77. The van der Waals surface area contributed by atoms with Crippen molar-refractivity contribution in [2.45, 2.75) is 59.3 Å². The largest absolute Gasteiger partial charge is 0.0839 e. The van der Waals surface area contributed by atoms with Crippen molar-refractivity contribution >= 4 is 11.1 Å². The highest BCUT2D eigenvalue weighted by atomic mass is 14.5. The van der Waals surface area contributed by atoms with Gasteiger partial charge in [-0.25, -0.2) is 0 Å². The first-order valence-corrected chi connectivity index (χ1v) is 15.6.